The maximum Gasteiger partial charge on any atom is 0.141 e. The molecule has 102 valence electrons. The van der Waals surface area contributed by atoms with Gasteiger partial charge in [-0.2, -0.15) is 0 Å². The third-order valence-corrected chi connectivity index (χ3v) is 2.71. The molecule has 0 aliphatic heterocycles. The van der Waals surface area contributed by atoms with Gasteiger partial charge < -0.3 is 20.9 Å². The fraction of sp³-hybridized carbons (Fsp3) is 0.571. The van der Waals surface area contributed by atoms with Crippen LogP contribution in [0.3, 0.4) is 0 Å². The van der Waals surface area contributed by atoms with E-state index in [1.165, 1.54) is 0 Å². The number of nitrogens with one attached hydrogen (secondary N) is 1. The fourth-order valence-corrected chi connectivity index (χ4v) is 1.71. The summed E-state index contributed by atoms with van der Waals surface area (Å²) in [6, 6.07) is 5.39. The minimum Gasteiger partial charge on any atom is -0.495 e. The van der Waals surface area contributed by atoms with Crippen LogP contribution in [0.15, 0.2) is 18.2 Å². The van der Waals surface area contributed by atoms with Gasteiger partial charge in [0, 0.05) is 5.54 Å². The number of aliphatic hydroxyl groups is 1. The highest BCUT2D eigenvalue weighted by Gasteiger charge is 2.12. The molecule has 0 radical (unpaired) electrons. The quantitative estimate of drug-likeness (QED) is 0.702. The van der Waals surface area contributed by atoms with Crippen LogP contribution >= 0.6 is 0 Å². The molecule has 4 nitrogen and oxygen atoms in total. The van der Waals surface area contributed by atoms with Crippen LogP contribution in [0.2, 0.25) is 0 Å². The lowest BCUT2D eigenvalue weighted by atomic mass is 10.0. The molecule has 0 spiro atoms. The van der Waals surface area contributed by atoms with Crippen molar-refractivity contribution < 1.29 is 9.84 Å². The summed E-state index contributed by atoms with van der Waals surface area (Å²) < 4.78 is 5.09. The molecule has 0 bridgehead atoms. The first kappa shape index (κ1) is 14.8. The van der Waals surface area contributed by atoms with Crippen molar-refractivity contribution in [1.29, 1.82) is 0 Å². The SMILES string of the molecule is COc1ccc(C(O)CCNC(C)(C)C)cc1N. The number of benzene rings is 1. The van der Waals surface area contributed by atoms with E-state index >= 15 is 0 Å². The lowest BCUT2D eigenvalue weighted by Crippen LogP contribution is -2.36. The second kappa shape index (κ2) is 6.07. The number of rotatable bonds is 5. The summed E-state index contributed by atoms with van der Waals surface area (Å²) >= 11 is 0. The first-order valence-corrected chi connectivity index (χ1v) is 6.20. The van der Waals surface area contributed by atoms with Gasteiger partial charge in [-0.1, -0.05) is 6.07 Å². The second-order valence-corrected chi connectivity index (χ2v) is 5.48. The number of anilines is 1. The predicted octanol–water partition coefficient (Wildman–Crippen LogP) is 2.09. The molecule has 0 fully saturated rings. The van der Waals surface area contributed by atoms with Crippen molar-refractivity contribution in [2.45, 2.75) is 38.8 Å². The highest BCUT2D eigenvalue weighted by molar-refractivity contribution is 5.54. The molecule has 0 aromatic heterocycles. The molecule has 0 heterocycles. The maximum absolute atomic E-state index is 10.1. The highest BCUT2D eigenvalue weighted by Crippen LogP contribution is 2.26. The summed E-state index contributed by atoms with van der Waals surface area (Å²) in [7, 11) is 1.58. The first-order valence-electron chi connectivity index (χ1n) is 6.20. The summed E-state index contributed by atoms with van der Waals surface area (Å²) in [5.74, 6) is 0.638. The molecule has 4 N–H and O–H groups in total. The van der Waals surface area contributed by atoms with E-state index in [0.717, 1.165) is 12.1 Å². The van der Waals surface area contributed by atoms with Crippen molar-refractivity contribution in [2.75, 3.05) is 19.4 Å². The Morgan fingerprint density at radius 1 is 1.39 bits per heavy atom. The number of aliphatic hydroxyl groups excluding tert-OH is 1. The average molecular weight is 252 g/mol. The molecule has 4 heteroatoms. The molecule has 1 aromatic rings. The minimum atomic E-state index is -0.506. The van der Waals surface area contributed by atoms with Gasteiger partial charge in [0.25, 0.3) is 0 Å². The van der Waals surface area contributed by atoms with Crippen molar-refractivity contribution in [1.82, 2.24) is 5.32 Å². The fourth-order valence-electron chi connectivity index (χ4n) is 1.71. The van der Waals surface area contributed by atoms with Gasteiger partial charge in [-0.3, -0.25) is 0 Å². The van der Waals surface area contributed by atoms with Crippen LogP contribution in [0.5, 0.6) is 5.75 Å². The Balaban J connectivity index is 2.56. The van der Waals surface area contributed by atoms with Crippen LogP contribution in [0.1, 0.15) is 38.9 Å². The van der Waals surface area contributed by atoms with Crippen LogP contribution < -0.4 is 15.8 Å². The number of hydrogen-bond acceptors (Lipinski definition) is 4. The smallest absolute Gasteiger partial charge is 0.141 e. The van der Waals surface area contributed by atoms with Crippen LogP contribution in [0.25, 0.3) is 0 Å². The van der Waals surface area contributed by atoms with E-state index in [2.05, 4.69) is 26.1 Å². The van der Waals surface area contributed by atoms with Gasteiger partial charge >= 0.3 is 0 Å². The Morgan fingerprint density at radius 2 is 2.06 bits per heavy atom. The zero-order valence-corrected chi connectivity index (χ0v) is 11.7. The number of methoxy groups -OCH3 is 1. The van der Waals surface area contributed by atoms with Gasteiger partial charge in [-0.05, 0) is 51.4 Å². The van der Waals surface area contributed by atoms with Crippen molar-refractivity contribution in [2.24, 2.45) is 0 Å². The molecule has 0 amide bonds. The van der Waals surface area contributed by atoms with E-state index in [9.17, 15) is 5.11 Å². The summed E-state index contributed by atoms with van der Waals surface area (Å²) in [5.41, 5.74) is 7.26. The highest BCUT2D eigenvalue weighted by atomic mass is 16.5. The van der Waals surface area contributed by atoms with Crippen LogP contribution in [-0.2, 0) is 0 Å². The zero-order valence-electron chi connectivity index (χ0n) is 11.7. The van der Waals surface area contributed by atoms with Gasteiger partial charge in [-0.25, -0.2) is 0 Å². The topological polar surface area (TPSA) is 67.5 Å². The summed E-state index contributed by atoms with van der Waals surface area (Å²) in [6.07, 6.45) is 0.149. The van der Waals surface area contributed by atoms with Crippen LogP contribution in [0.4, 0.5) is 5.69 Å². The average Bonchev–Trinajstić information content (AvgIpc) is 2.27. The van der Waals surface area contributed by atoms with E-state index in [1.807, 2.05) is 6.07 Å². The Morgan fingerprint density at radius 3 is 2.56 bits per heavy atom. The molecule has 1 unspecified atom stereocenters. The van der Waals surface area contributed by atoms with Gasteiger partial charge in [-0.15, -0.1) is 0 Å². The summed E-state index contributed by atoms with van der Waals surface area (Å²) in [4.78, 5) is 0. The Bertz CT molecular complexity index is 386. The lowest BCUT2D eigenvalue weighted by Gasteiger charge is -2.22. The van der Waals surface area contributed by atoms with Crippen LogP contribution in [0, 0.1) is 0 Å². The van der Waals surface area contributed by atoms with E-state index in [1.54, 1.807) is 19.2 Å². The largest absolute Gasteiger partial charge is 0.495 e. The van der Waals surface area contributed by atoms with E-state index in [0.29, 0.717) is 17.9 Å². The number of nitrogen functional groups attached to an aromatic ring is 1. The number of hydrogen-bond donors (Lipinski definition) is 3. The Hall–Kier alpha value is -1.26. The molecule has 1 aromatic carbocycles. The van der Waals surface area contributed by atoms with Gasteiger partial charge in [0.05, 0.1) is 18.9 Å². The molecule has 0 saturated carbocycles. The maximum atomic E-state index is 10.1. The minimum absolute atomic E-state index is 0.0681. The van der Waals surface area contributed by atoms with Crippen molar-refractivity contribution in [3.8, 4) is 5.75 Å². The van der Waals surface area contributed by atoms with Crippen LogP contribution in [-0.4, -0.2) is 24.3 Å². The molecule has 0 aliphatic rings. The van der Waals surface area contributed by atoms with Crippen molar-refractivity contribution in [3.63, 3.8) is 0 Å². The molecule has 1 rings (SSSR count). The zero-order chi connectivity index (χ0) is 13.8. The predicted molar refractivity (Wildman–Crippen MR) is 74.7 cm³/mol. The molecule has 0 aliphatic carbocycles. The third kappa shape index (κ3) is 4.55. The van der Waals surface area contributed by atoms with Gasteiger partial charge in [0.1, 0.15) is 5.75 Å². The summed E-state index contributed by atoms with van der Waals surface area (Å²) in [5, 5.41) is 13.4. The molecular formula is C14H24N2O2. The summed E-state index contributed by atoms with van der Waals surface area (Å²) in [6.45, 7) is 7.07. The Labute approximate surface area is 109 Å². The standard InChI is InChI=1S/C14H24N2O2/c1-14(2,3)16-8-7-12(17)10-5-6-13(18-4)11(15)9-10/h5-6,9,12,16-17H,7-8,15H2,1-4H3. The molecular weight excluding hydrogens is 228 g/mol. The first-order chi connectivity index (χ1) is 8.33. The van der Waals surface area contributed by atoms with E-state index < -0.39 is 6.10 Å². The number of ether oxygens (including phenoxy) is 1. The molecule has 0 saturated heterocycles. The van der Waals surface area contributed by atoms with Crippen molar-refractivity contribution >= 4 is 5.69 Å². The molecule has 18 heavy (non-hydrogen) atoms. The van der Waals surface area contributed by atoms with Gasteiger partial charge in [0.2, 0.25) is 0 Å². The van der Waals surface area contributed by atoms with Gasteiger partial charge in [0.15, 0.2) is 0 Å². The lowest BCUT2D eigenvalue weighted by molar-refractivity contribution is 0.163. The molecule has 1 atom stereocenters. The third-order valence-electron chi connectivity index (χ3n) is 2.71. The van der Waals surface area contributed by atoms with E-state index in [4.69, 9.17) is 10.5 Å². The second-order valence-electron chi connectivity index (χ2n) is 5.48. The van der Waals surface area contributed by atoms with E-state index in [-0.39, 0.29) is 5.54 Å². The number of nitrogens with two attached hydrogens (primary N) is 1. The Kier molecular flexibility index (Phi) is 4.99. The normalized spacial score (nSPS) is 13.4. The van der Waals surface area contributed by atoms with Crippen molar-refractivity contribution in [3.05, 3.63) is 23.8 Å². The monoisotopic (exact) mass is 252 g/mol.